The number of benzene rings is 1. The Balaban J connectivity index is 1.53. The van der Waals surface area contributed by atoms with Gasteiger partial charge in [-0.2, -0.15) is 0 Å². The molecule has 0 aromatic heterocycles. The van der Waals surface area contributed by atoms with Crippen molar-refractivity contribution < 1.29 is 19.1 Å². The molecule has 4 aliphatic heterocycles. The van der Waals surface area contributed by atoms with E-state index in [4.69, 9.17) is 4.74 Å². The number of anilines is 1. The molecular weight excluding hydrogens is 408 g/mol. The predicted molar refractivity (Wildman–Crippen MR) is 119 cm³/mol. The van der Waals surface area contributed by atoms with Crippen LogP contribution in [0.3, 0.4) is 0 Å². The second-order valence-corrected chi connectivity index (χ2v) is 9.33. The summed E-state index contributed by atoms with van der Waals surface area (Å²) in [5, 5.41) is 3.10. The molecule has 3 amide bonds. The maximum absolute atomic E-state index is 14.2. The minimum atomic E-state index is -0.901. The fourth-order valence-electron chi connectivity index (χ4n) is 6.38. The summed E-state index contributed by atoms with van der Waals surface area (Å²) in [5.41, 5.74) is 0.982. The second-order valence-electron chi connectivity index (χ2n) is 9.33. The van der Waals surface area contributed by atoms with Crippen molar-refractivity contribution in [1.29, 1.82) is 0 Å². The predicted octanol–water partition coefficient (Wildman–Crippen LogP) is 1.10. The minimum Gasteiger partial charge on any atom is -0.375 e. The molecule has 5 rings (SSSR count). The first kappa shape index (κ1) is 21.4. The molecule has 1 N–H and O–H groups in total. The summed E-state index contributed by atoms with van der Waals surface area (Å²) in [7, 11) is 1.52. The van der Waals surface area contributed by atoms with Gasteiger partial charge >= 0.3 is 0 Å². The molecule has 3 atom stereocenters. The molecule has 0 saturated carbocycles. The van der Waals surface area contributed by atoms with Gasteiger partial charge in [-0.3, -0.25) is 19.3 Å². The number of nitrogens with one attached hydrogen (secondary N) is 1. The molecule has 8 nitrogen and oxygen atoms in total. The molecule has 1 spiro atoms. The van der Waals surface area contributed by atoms with Gasteiger partial charge in [0.05, 0.1) is 5.92 Å². The summed E-state index contributed by atoms with van der Waals surface area (Å²) in [4.78, 5) is 46.1. The van der Waals surface area contributed by atoms with Crippen LogP contribution in [-0.4, -0.2) is 80.0 Å². The molecule has 0 aliphatic carbocycles. The lowest BCUT2D eigenvalue weighted by Gasteiger charge is -2.37. The third kappa shape index (κ3) is 3.15. The smallest absolute Gasteiger partial charge is 0.253 e. The van der Waals surface area contributed by atoms with E-state index < -0.39 is 11.5 Å². The number of methoxy groups -OCH3 is 1. The average molecular weight is 441 g/mol. The van der Waals surface area contributed by atoms with E-state index >= 15 is 0 Å². The van der Waals surface area contributed by atoms with Crippen molar-refractivity contribution in [3.8, 4) is 0 Å². The van der Waals surface area contributed by atoms with Crippen LogP contribution in [0, 0.1) is 5.92 Å². The highest BCUT2D eigenvalue weighted by Crippen LogP contribution is 2.57. The van der Waals surface area contributed by atoms with Crippen LogP contribution >= 0.6 is 0 Å². The second kappa shape index (κ2) is 8.48. The van der Waals surface area contributed by atoms with Gasteiger partial charge in [0.15, 0.2) is 0 Å². The van der Waals surface area contributed by atoms with E-state index in [1.807, 2.05) is 29.2 Å². The Morgan fingerprint density at radius 2 is 1.94 bits per heavy atom. The lowest BCUT2D eigenvalue weighted by atomic mass is 9.78. The number of hydrogen-bond acceptors (Lipinski definition) is 5. The third-order valence-electron chi connectivity index (χ3n) is 7.67. The Kier molecular flexibility index (Phi) is 5.67. The summed E-state index contributed by atoms with van der Waals surface area (Å²) in [5.74, 6) is -0.468. The van der Waals surface area contributed by atoms with Crippen molar-refractivity contribution in [2.45, 2.75) is 43.7 Å². The number of nitrogens with zero attached hydrogens (tertiary/aromatic N) is 3. The fourth-order valence-corrected chi connectivity index (χ4v) is 6.38. The molecular formula is C24H32N4O4. The van der Waals surface area contributed by atoms with Crippen LogP contribution in [0.25, 0.3) is 0 Å². The van der Waals surface area contributed by atoms with Gasteiger partial charge in [-0.25, -0.2) is 0 Å². The van der Waals surface area contributed by atoms with Crippen molar-refractivity contribution in [1.82, 2.24) is 15.1 Å². The zero-order chi connectivity index (χ0) is 22.3. The first-order valence-corrected chi connectivity index (χ1v) is 11.8. The molecule has 8 heteroatoms. The SMILES string of the molecule is COCC(=O)N1CCCNC(=O)[C@H]2C[C@@H]3CCCN3[C@@]23C(=O)N(CCC1)c1ccccc13. The van der Waals surface area contributed by atoms with Crippen molar-refractivity contribution >= 4 is 23.4 Å². The lowest BCUT2D eigenvalue weighted by Crippen LogP contribution is -2.56. The van der Waals surface area contributed by atoms with Crippen LogP contribution in [0.5, 0.6) is 0 Å². The van der Waals surface area contributed by atoms with Crippen LogP contribution in [0.2, 0.25) is 0 Å². The van der Waals surface area contributed by atoms with Gasteiger partial charge in [-0.05, 0) is 44.7 Å². The zero-order valence-corrected chi connectivity index (χ0v) is 18.7. The number of para-hydroxylation sites is 1. The number of amides is 3. The van der Waals surface area contributed by atoms with Crippen LogP contribution < -0.4 is 10.2 Å². The maximum atomic E-state index is 14.2. The van der Waals surface area contributed by atoms with E-state index in [0.717, 1.165) is 37.1 Å². The monoisotopic (exact) mass is 440 g/mol. The molecule has 4 heterocycles. The Hall–Kier alpha value is -2.45. The molecule has 0 radical (unpaired) electrons. The van der Waals surface area contributed by atoms with Crippen LogP contribution in [0.15, 0.2) is 24.3 Å². The van der Waals surface area contributed by atoms with Gasteiger partial charge in [-0.15, -0.1) is 0 Å². The molecule has 4 aliphatic rings. The molecule has 1 aromatic rings. The van der Waals surface area contributed by atoms with E-state index in [2.05, 4.69) is 10.2 Å². The van der Waals surface area contributed by atoms with Gasteiger partial charge in [-0.1, -0.05) is 18.2 Å². The van der Waals surface area contributed by atoms with E-state index in [9.17, 15) is 14.4 Å². The summed E-state index contributed by atoms with van der Waals surface area (Å²) in [6.45, 7) is 3.04. The number of carbonyl (C=O) groups excluding carboxylic acids is 3. The first-order chi connectivity index (χ1) is 15.6. The molecule has 2 bridgehead atoms. The summed E-state index contributed by atoms with van der Waals surface area (Å²) >= 11 is 0. The lowest BCUT2D eigenvalue weighted by molar-refractivity contribution is -0.138. The van der Waals surface area contributed by atoms with Crippen molar-refractivity contribution in [3.63, 3.8) is 0 Å². The Labute approximate surface area is 188 Å². The molecule has 3 saturated heterocycles. The fraction of sp³-hybridized carbons (Fsp3) is 0.625. The average Bonchev–Trinajstić information content (AvgIpc) is 3.44. The summed E-state index contributed by atoms with van der Waals surface area (Å²) in [6, 6.07) is 8.25. The number of rotatable bonds is 2. The largest absolute Gasteiger partial charge is 0.375 e. The summed E-state index contributed by atoms with van der Waals surface area (Å²) < 4.78 is 5.04. The minimum absolute atomic E-state index is 0.0252. The first-order valence-electron chi connectivity index (χ1n) is 11.8. The number of ether oxygens (including phenoxy) is 1. The van der Waals surface area contributed by atoms with Crippen LogP contribution in [0.4, 0.5) is 5.69 Å². The van der Waals surface area contributed by atoms with E-state index in [1.165, 1.54) is 7.11 Å². The Bertz CT molecular complexity index is 921. The van der Waals surface area contributed by atoms with E-state index in [0.29, 0.717) is 39.0 Å². The quantitative estimate of drug-likeness (QED) is 0.745. The number of carbonyl (C=O) groups is 3. The Morgan fingerprint density at radius 3 is 2.78 bits per heavy atom. The summed E-state index contributed by atoms with van der Waals surface area (Å²) in [6.07, 6.45) is 4.19. The molecule has 32 heavy (non-hydrogen) atoms. The van der Waals surface area contributed by atoms with Crippen LogP contribution in [0.1, 0.15) is 37.7 Å². The topological polar surface area (TPSA) is 82.2 Å². The van der Waals surface area contributed by atoms with Crippen molar-refractivity contribution in [2.24, 2.45) is 5.92 Å². The zero-order valence-electron chi connectivity index (χ0n) is 18.7. The van der Waals surface area contributed by atoms with Crippen molar-refractivity contribution in [3.05, 3.63) is 29.8 Å². The maximum Gasteiger partial charge on any atom is 0.253 e. The third-order valence-corrected chi connectivity index (χ3v) is 7.67. The molecule has 3 fully saturated rings. The van der Waals surface area contributed by atoms with Gasteiger partial charge in [0, 0.05) is 50.6 Å². The Morgan fingerprint density at radius 1 is 1.12 bits per heavy atom. The molecule has 172 valence electrons. The van der Waals surface area contributed by atoms with E-state index in [1.54, 1.807) is 4.90 Å². The van der Waals surface area contributed by atoms with Crippen molar-refractivity contribution in [2.75, 3.05) is 51.3 Å². The highest BCUT2D eigenvalue weighted by atomic mass is 16.5. The van der Waals surface area contributed by atoms with E-state index in [-0.39, 0.29) is 30.4 Å². The number of fused-ring (bicyclic) bond motifs is 4. The normalized spacial score (nSPS) is 30.7. The standard InChI is InChI=1S/C24H32N4O4/c1-32-16-21(29)26-11-5-10-25-22(30)19-15-17-7-4-14-28(17)24(19)18-8-2-3-9-20(18)27(23(24)31)13-6-12-26/h2-3,8-9,17,19H,4-7,10-16H2,1H3,(H,25,30)/t17-,19+,24+/m0/s1. The van der Waals surface area contributed by atoms with Gasteiger partial charge in [0.1, 0.15) is 12.1 Å². The highest BCUT2D eigenvalue weighted by Gasteiger charge is 2.66. The molecule has 1 aromatic carbocycles. The highest BCUT2D eigenvalue weighted by molar-refractivity contribution is 6.10. The molecule has 0 unspecified atom stereocenters. The van der Waals surface area contributed by atoms with Gasteiger partial charge < -0.3 is 19.9 Å². The van der Waals surface area contributed by atoms with Gasteiger partial charge in [0.2, 0.25) is 11.8 Å². The van der Waals surface area contributed by atoms with Crippen LogP contribution in [-0.2, 0) is 24.7 Å². The van der Waals surface area contributed by atoms with Gasteiger partial charge in [0.25, 0.3) is 5.91 Å². The number of hydrogen-bond donors (Lipinski definition) is 1.